The van der Waals surface area contributed by atoms with E-state index in [0.717, 1.165) is 30.6 Å². The molecule has 0 spiro atoms. The van der Waals surface area contributed by atoms with Gasteiger partial charge >= 0.3 is 0 Å². The lowest BCUT2D eigenvalue weighted by Crippen LogP contribution is -2.17. The lowest BCUT2D eigenvalue weighted by Gasteiger charge is -2.21. The van der Waals surface area contributed by atoms with E-state index in [1.165, 1.54) is 17.7 Å². The van der Waals surface area contributed by atoms with Crippen molar-refractivity contribution in [3.05, 3.63) is 24.3 Å². The maximum absolute atomic E-state index is 5.89. The van der Waals surface area contributed by atoms with E-state index < -0.39 is 0 Å². The summed E-state index contributed by atoms with van der Waals surface area (Å²) in [6, 6.07) is 8.09. The van der Waals surface area contributed by atoms with Crippen molar-refractivity contribution < 1.29 is 4.74 Å². The van der Waals surface area contributed by atoms with Crippen molar-refractivity contribution in [3.8, 4) is 0 Å². The molecule has 0 aromatic heterocycles. The van der Waals surface area contributed by atoms with Gasteiger partial charge in [0.1, 0.15) is 0 Å². The van der Waals surface area contributed by atoms with Crippen molar-refractivity contribution in [2.24, 2.45) is 5.92 Å². The van der Waals surface area contributed by atoms with Crippen LogP contribution in [0, 0.1) is 5.92 Å². The number of anilines is 1. The number of ether oxygens (including phenoxy) is 1. The second kappa shape index (κ2) is 5.42. The maximum Gasteiger partial charge on any atom is 0.0468 e. The molecule has 1 heterocycles. The molecule has 1 saturated heterocycles. The minimum absolute atomic E-state index is 0.795. The van der Waals surface area contributed by atoms with Crippen LogP contribution in [0.2, 0.25) is 0 Å². The molecule has 0 aliphatic carbocycles. The molecule has 0 radical (unpaired) electrons. The highest BCUT2D eigenvalue weighted by molar-refractivity contribution is 7.99. The first-order chi connectivity index (χ1) is 7.36. The maximum atomic E-state index is 5.89. The van der Waals surface area contributed by atoms with Crippen LogP contribution in [0.25, 0.3) is 0 Å². The Kier molecular flexibility index (Phi) is 3.92. The van der Waals surface area contributed by atoms with Crippen molar-refractivity contribution in [2.45, 2.75) is 17.7 Å². The second-order valence-electron chi connectivity index (χ2n) is 3.90. The Bertz CT molecular complexity index is 310. The van der Waals surface area contributed by atoms with Crippen LogP contribution in [-0.2, 0) is 4.74 Å². The summed E-state index contributed by atoms with van der Waals surface area (Å²) in [4.78, 5) is 1.21. The summed E-state index contributed by atoms with van der Waals surface area (Å²) in [7, 11) is 0. The lowest BCUT2D eigenvalue weighted by molar-refractivity contribution is 0.0728. The number of thioether (sulfide) groups is 1. The van der Waals surface area contributed by atoms with E-state index in [-0.39, 0.29) is 0 Å². The van der Waals surface area contributed by atoms with Crippen molar-refractivity contribution in [2.75, 3.05) is 24.7 Å². The fourth-order valence-corrected chi connectivity index (χ4v) is 2.89. The first-order valence-corrected chi connectivity index (χ1v) is 6.40. The molecule has 2 nitrogen and oxygen atoms in total. The van der Waals surface area contributed by atoms with Gasteiger partial charge in [0, 0.05) is 29.5 Å². The molecule has 0 amide bonds. The van der Waals surface area contributed by atoms with Gasteiger partial charge in [0.2, 0.25) is 0 Å². The Morgan fingerprint density at radius 2 is 2.00 bits per heavy atom. The summed E-state index contributed by atoms with van der Waals surface area (Å²) < 4.78 is 5.34. The lowest BCUT2D eigenvalue weighted by atomic mass is 10.0. The summed E-state index contributed by atoms with van der Waals surface area (Å²) in [5.74, 6) is 1.96. The van der Waals surface area contributed by atoms with Crippen LogP contribution >= 0.6 is 11.8 Å². The zero-order valence-corrected chi connectivity index (χ0v) is 9.63. The largest absolute Gasteiger partial charge is 0.398 e. The number of nitrogens with two attached hydrogens (primary N) is 1. The van der Waals surface area contributed by atoms with E-state index in [0.29, 0.717) is 0 Å². The fourth-order valence-electron chi connectivity index (χ4n) is 1.73. The summed E-state index contributed by atoms with van der Waals surface area (Å²) in [6.45, 7) is 1.85. The third-order valence-electron chi connectivity index (χ3n) is 2.73. The number of benzene rings is 1. The number of hydrogen-bond donors (Lipinski definition) is 1. The first kappa shape index (κ1) is 10.8. The van der Waals surface area contributed by atoms with E-state index in [9.17, 15) is 0 Å². The molecule has 2 N–H and O–H groups in total. The Labute approximate surface area is 95.2 Å². The number of hydrogen-bond acceptors (Lipinski definition) is 3. The molecule has 1 aromatic rings. The first-order valence-electron chi connectivity index (χ1n) is 5.41. The fraction of sp³-hybridized carbons (Fsp3) is 0.500. The zero-order valence-electron chi connectivity index (χ0n) is 8.82. The van der Waals surface area contributed by atoms with Gasteiger partial charge in [-0.25, -0.2) is 0 Å². The zero-order chi connectivity index (χ0) is 10.5. The van der Waals surface area contributed by atoms with Crippen LogP contribution in [0.3, 0.4) is 0 Å². The molecule has 0 unspecified atom stereocenters. The van der Waals surface area contributed by atoms with Crippen LogP contribution in [0.15, 0.2) is 29.2 Å². The predicted octanol–water partition coefficient (Wildman–Crippen LogP) is 2.79. The van der Waals surface area contributed by atoms with E-state index in [1.807, 2.05) is 30.0 Å². The molecule has 1 aliphatic rings. The van der Waals surface area contributed by atoms with Crippen molar-refractivity contribution in [1.82, 2.24) is 0 Å². The molecule has 2 rings (SSSR count). The van der Waals surface area contributed by atoms with Crippen LogP contribution in [0.5, 0.6) is 0 Å². The van der Waals surface area contributed by atoms with Gasteiger partial charge < -0.3 is 10.5 Å². The van der Waals surface area contributed by atoms with Gasteiger partial charge in [-0.1, -0.05) is 12.1 Å². The molecule has 1 aliphatic heterocycles. The SMILES string of the molecule is Nc1ccccc1SCC1CCOCC1. The third kappa shape index (κ3) is 3.14. The third-order valence-corrected chi connectivity index (χ3v) is 4.06. The van der Waals surface area contributed by atoms with E-state index in [2.05, 4.69) is 6.07 Å². The van der Waals surface area contributed by atoms with Gasteiger partial charge in [0.15, 0.2) is 0 Å². The Hall–Kier alpha value is -0.670. The van der Waals surface area contributed by atoms with Crippen molar-refractivity contribution in [1.29, 1.82) is 0 Å². The number of para-hydroxylation sites is 1. The monoisotopic (exact) mass is 223 g/mol. The molecule has 0 bridgehead atoms. The summed E-state index contributed by atoms with van der Waals surface area (Å²) >= 11 is 1.87. The Balaban J connectivity index is 1.84. The van der Waals surface area contributed by atoms with Gasteiger partial charge in [-0.2, -0.15) is 0 Å². The van der Waals surface area contributed by atoms with E-state index in [1.54, 1.807) is 0 Å². The van der Waals surface area contributed by atoms with Crippen LogP contribution in [0.1, 0.15) is 12.8 Å². The summed E-state index contributed by atoms with van der Waals surface area (Å²) in [5.41, 5.74) is 6.79. The van der Waals surface area contributed by atoms with Gasteiger partial charge in [0.05, 0.1) is 0 Å². The van der Waals surface area contributed by atoms with Gasteiger partial charge in [0.25, 0.3) is 0 Å². The van der Waals surface area contributed by atoms with Crippen LogP contribution < -0.4 is 5.73 Å². The minimum atomic E-state index is 0.795. The smallest absolute Gasteiger partial charge is 0.0468 e. The molecule has 0 saturated carbocycles. The second-order valence-corrected chi connectivity index (χ2v) is 4.97. The van der Waals surface area contributed by atoms with E-state index in [4.69, 9.17) is 10.5 Å². The molecular weight excluding hydrogens is 206 g/mol. The van der Waals surface area contributed by atoms with Crippen molar-refractivity contribution in [3.63, 3.8) is 0 Å². The Morgan fingerprint density at radius 3 is 2.73 bits per heavy atom. The quantitative estimate of drug-likeness (QED) is 0.632. The average molecular weight is 223 g/mol. The molecule has 1 aromatic carbocycles. The van der Waals surface area contributed by atoms with Crippen LogP contribution in [0.4, 0.5) is 5.69 Å². The van der Waals surface area contributed by atoms with Crippen LogP contribution in [-0.4, -0.2) is 19.0 Å². The molecule has 0 atom stereocenters. The molecular formula is C12H17NOS. The summed E-state index contributed by atoms with van der Waals surface area (Å²) in [6.07, 6.45) is 2.39. The standard InChI is InChI=1S/C12H17NOS/c13-11-3-1-2-4-12(11)15-9-10-5-7-14-8-6-10/h1-4,10H,5-9,13H2. The molecule has 15 heavy (non-hydrogen) atoms. The van der Waals surface area contributed by atoms with Gasteiger partial charge in [-0.3, -0.25) is 0 Å². The average Bonchev–Trinajstić information content (AvgIpc) is 2.29. The van der Waals surface area contributed by atoms with Gasteiger partial charge in [-0.05, 0) is 30.9 Å². The van der Waals surface area contributed by atoms with Crippen molar-refractivity contribution >= 4 is 17.4 Å². The van der Waals surface area contributed by atoms with E-state index >= 15 is 0 Å². The molecule has 3 heteroatoms. The number of rotatable bonds is 3. The number of nitrogen functional groups attached to an aromatic ring is 1. The summed E-state index contributed by atoms with van der Waals surface area (Å²) in [5, 5.41) is 0. The molecule has 1 fully saturated rings. The normalized spacial score (nSPS) is 17.9. The highest BCUT2D eigenvalue weighted by Crippen LogP contribution is 2.29. The predicted molar refractivity (Wildman–Crippen MR) is 65.1 cm³/mol. The Morgan fingerprint density at radius 1 is 1.27 bits per heavy atom. The highest BCUT2D eigenvalue weighted by atomic mass is 32.2. The van der Waals surface area contributed by atoms with Gasteiger partial charge in [-0.15, -0.1) is 11.8 Å². The molecule has 82 valence electrons. The minimum Gasteiger partial charge on any atom is -0.398 e. The topological polar surface area (TPSA) is 35.2 Å². The highest BCUT2D eigenvalue weighted by Gasteiger charge is 2.14.